The van der Waals surface area contributed by atoms with E-state index in [0.29, 0.717) is 69.2 Å². The summed E-state index contributed by atoms with van der Waals surface area (Å²) in [5, 5.41) is 26.2. The van der Waals surface area contributed by atoms with E-state index in [1.807, 2.05) is 38.4 Å². The lowest BCUT2D eigenvalue weighted by molar-refractivity contribution is -0.192. The summed E-state index contributed by atoms with van der Waals surface area (Å²) in [5.74, 6) is -3.00. The first kappa shape index (κ1) is 57.5. The highest BCUT2D eigenvalue weighted by molar-refractivity contribution is 5.96. The number of H-pyrrole nitrogens is 2. The molecule has 2 atom stereocenters. The number of rotatable bonds is 11. The van der Waals surface area contributed by atoms with E-state index in [1.54, 1.807) is 85.4 Å². The molecular formula is C48H57F3N6O12. The minimum atomic E-state index is -5.08. The standard InChI is InChI=1S/C25H28N4O4.C9H9NO3.C9H7NO3.C2HF3O2.3CH4/c1-17(30)19-8-9-22-23(13-19)33-25(31)29(22)16-18-6-4-7-20(12-18)24-26-14-21(15-27-24)32-11-5-10-28(2)3;2*1-5(11)6-2-3-7-8(4-6)13-9(12)10-7;3-2(4,5)1(6)7;;;/h4,6-9,12-15,17,30H,5,10-11,16H2,1-3H3;2-5,11H,1H3,(H,10,12);2-4H,1H3,(H,10,12);(H,6,7);3*1H4. The van der Waals surface area contributed by atoms with E-state index in [1.165, 1.54) is 6.92 Å². The van der Waals surface area contributed by atoms with Crippen LogP contribution in [0.4, 0.5) is 13.2 Å². The Hall–Kier alpha value is -7.62. The van der Waals surface area contributed by atoms with Crippen molar-refractivity contribution in [3.63, 3.8) is 0 Å². The van der Waals surface area contributed by atoms with Crippen LogP contribution in [0.25, 0.3) is 44.7 Å². The molecule has 69 heavy (non-hydrogen) atoms. The smallest absolute Gasteiger partial charge is 0.490 e. The lowest BCUT2D eigenvalue weighted by atomic mass is 10.1. The van der Waals surface area contributed by atoms with Crippen molar-refractivity contribution in [3.8, 4) is 17.1 Å². The maximum atomic E-state index is 12.5. The number of ketones is 1. The molecule has 0 aliphatic rings. The SMILES string of the molecule is C.C.C.CC(=O)c1ccc2[nH]c(=O)oc2c1.CC(O)c1ccc2[nH]c(=O)oc2c1.CC(O)c1ccc2c(c1)oc(=O)n2Cc1cccc(-c2ncc(OCCCN(C)C)cn2)c1.O=C(O)C(F)(F)F. The summed E-state index contributed by atoms with van der Waals surface area (Å²) in [6.07, 6.45) is -1.98. The van der Waals surface area contributed by atoms with Gasteiger partial charge in [-0.3, -0.25) is 19.3 Å². The van der Waals surface area contributed by atoms with Crippen LogP contribution in [0.3, 0.4) is 0 Å². The fourth-order valence-corrected chi connectivity index (χ4v) is 5.98. The van der Waals surface area contributed by atoms with E-state index in [4.69, 9.17) is 27.9 Å². The molecule has 0 saturated heterocycles. The third-order valence-electron chi connectivity index (χ3n) is 9.34. The molecule has 4 aromatic heterocycles. The second-order valence-corrected chi connectivity index (χ2v) is 14.8. The fourth-order valence-electron chi connectivity index (χ4n) is 5.98. The maximum absolute atomic E-state index is 12.5. The molecule has 21 heteroatoms. The van der Waals surface area contributed by atoms with Crippen molar-refractivity contribution in [2.24, 2.45) is 0 Å². The number of Topliss-reactive ketones (excluding diaryl/α,β-unsaturated/α-hetero) is 1. The highest BCUT2D eigenvalue weighted by Crippen LogP contribution is 2.23. The summed E-state index contributed by atoms with van der Waals surface area (Å²) in [6.45, 7) is 6.72. The van der Waals surface area contributed by atoms with Crippen molar-refractivity contribution in [2.75, 3.05) is 27.2 Å². The number of nitrogens with one attached hydrogen (secondary N) is 2. The van der Waals surface area contributed by atoms with Crippen LogP contribution in [0.2, 0.25) is 0 Å². The molecule has 18 nitrogen and oxygen atoms in total. The average molecular weight is 967 g/mol. The molecular weight excluding hydrogens is 910 g/mol. The summed E-state index contributed by atoms with van der Waals surface area (Å²) in [6, 6.07) is 23.0. The Morgan fingerprint density at radius 1 is 0.783 bits per heavy atom. The van der Waals surface area contributed by atoms with E-state index in [9.17, 15) is 42.6 Å². The molecule has 0 saturated carbocycles. The van der Waals surface area contributed by atoms with Gasteiger partial charge in [-0.05, 0) is 107 Å². The lowest BCUT2D eigenvalue weighted by Gasteiger charge is -2.10. The normalized spacial score (nSPS) is 11.6. The molecule has 0 amide bonds. The summed E-state index contributed by atoms with van der Waals surface area (Å²) < 4.78 is 54.0. The van der Waals surface area contributed by atoms with E-state index in [0.717, 1.165) is 29.7 Å². The van der Waals surface area contributed by atoms with Gasteiger partial charge in [0.25, 0.3) is 0 Å². The highest BCUT2D eigenvalue weighted by Gasteiger charge is 2.38. The van der Waals surface area contributed by atoms with Crippen molar-refractivity contribution >= 4 is 45.1 Å². The first-order valence-corrected chi connectivity index (χ1v) is 19.9. The zero-order valence-electron chi connectivity index (χ0n) is 36.1. The number of halogens is 3. The van der Waals surface area contributed by atoms with Gasteiger partial charge in [0, 0.05) is 17.7 Å². The number of aliphatic hydroxyl groups is 2. The Morgan fingerprint density at radius 3 is 1.86 bits per heavy atom. The summed E-state index contributed by atoms with van der Waals surface area (Å²) in [5.41, 5.74) is 7.03. The molecule has 0 fully saturated rings. The maximum Gasteiger partial charge on any atom is 0.490 e. The number of alkyl halides is 3. The Bertz CT molecular complexity index is 3090. The minimum Gasteiger partial charge on any atom is -0.490 e. The topological polar surface area (TPSA) is 260 Å². The van der Waals surface area contributed by atoms with Crippen LogP contribution >= 0.6 is 0 Å². The lowest BCUT2D eigenvalue weighted by Crippen LogP contribution is -2.21. The predicted octanol–water partition coefficient (Wildman–Crippen LogP) is 8.52. The second kappa shape index (κ2) is 25.5. The summed E-state index contributed by atoms with van der Waals surface area (Å²) in [7, 11) is 4.07. The van der Waals surface area contributed by atoms with Crippen LogP contribution in [-0.4, -0.2) is 89.9 Å². The number of hydrogen-bond donors (Lipinski definition) is 5. The largest absolute Gasteiger partial charge is 0.490 e. The number of ether oxygens (including phenoxy) is 1. The van der Waals surface area contributed by atoms with Gasteiger partial charge in [0.2, 0.25) is 0 Å². The third kappa shape index (κ3) is 16.3. The quantitative estimate of drug-likeness (QED) is 0.0601. The third-order valence-corrected chi connectivity index (χ3v) is 9.34. The molecule has 372 valence electrons. The van der Waals surface area contributed by atoms with Gasteiger partial charge < -0.3 is 38.2 Å². The van der Waals surface area contributed by atoms with Crippen LogP contribution in [0, 0.1) is 0 Å². The molecule has 2 unspecified atom stereocenters. The number of oxazole rings is 3. The number of benzene rings is 4. The molecule has 0 aliphatic carbocycles. The van der Waals surface area contributed by atoms with Crippen molar-refractivity contribution < 1.29 is 56.1 Å². The number of aromatic amines is 2. The van der Waals surface area contributed by atoms with Crippen LogP contribution < -0.4 is 22.0 Å². The van der Waals surface area contributed by atoms with Gasteiger partial charge in [-0.15, -0.1) is 0 Å². The van der Waals surface area contributed by atoms with E-state index < -0.39 is 41.6 Å². The molecule has 4 heterocycles. The Kier molecular flexibility index (Phi) is 21.2. The number of aliphatic hydroxyl groups excluding tert-OH is 2. The molecule has 0 radical (unpaired) electrons. The number of carbonyl (C=O) groups excluding carboxylic acids is 1. The first-order valence-electron chi connectivity index (χ1n) is 19.9. The molecule has 0 spiro atoms. The Labute approximate surface area is 393 Å². The van der Waals surface area contributed by atoms with Gasteiger partial charge in [-0.2, -0.15) is 13.2 Å². The van der Waals surface area contributed by atoms with Gasteiger partial charge in [0.15, 0.2) is 34.1 Å². The highest BCUT2D eigenvalue weighted by atomic mass is 19.4. The molecule has 4 aromatic carbocycles. The number of hydrogen-bond acceptors (Lipinski definition) is 14. The van der Waals surface area contributed by atoms with Gasteiger partial charge in [0.1, 0.15) is 0 Å². The van der Waals surface area contributed by atoms with Gasteiger partial charge in [-0.1, -0.05) is 52.6 Å². The van der Waals surface area contributed by atoms with Crippen LogP contribution in [0.5, 0.6) is 5.75 Å². The zero-order chi connectivity index (χ0) is 48.3. The molecule has 8 rings (SSSR count). The first-order chi connectivity index (χ1) is 31.2. The second-order valence-electron chi connectivity index (χ2n) is 14.8. The fraction of sp³-hybridized carbons (Fsp3) is 0.312. The van der Waals surface area contributed by atoms with E-state index >= 15 is 0 Å². The number of aromatic nitrogens is 5. The van der Waals surface area contributed by atoms with Gasteiger partial charge in [0.05, 0.1) is 54.3 Å². The Balaban J connectivity index is 0.000000373. The Morgan fingerprint density at radius 2 is 1.32 bits per heavy atom. The predicted molar refractivity (Wildman–Crippen MR) is 255 cm³/mol. The summed E-state index contributed by atoms with van der Waals surface area (Å²) >= 11 is 0. The van der Waals surface area contributed by atoms with E-state index in [2.05, 4.69) is 24.8 Å². The minimum absolute atomic E-state index is 0. The molecule has 5 N–H and O–H groups in total. The zero-order valence-corrected chi connectivity index (χ0v) is 36.1. The summed E-state index contributed by atoms with van der Waals surface area (Å²) in [4.78, 5) is 69.9. The van der Waals surface area contributed by atoms with Gasteiger partial charge >= 0.3 is 29.4 Å². The van der Waals surface area contributed by atoms with Crippen molar-refractivity contribution in [1.29, 1.82) is 0 Å². The van der Waals surface area contributed by atoms with Crippen LogP contribution in [0.1, 0.15) is 88.7 Å². The van der Waals surface area contributed by atoms with Crippen molar-refractivity contribution in [2.45, 2.75) is 74.4 Å². The van der Waals surface area contributed by atoms with Crippen molar-refractivity contribution in [1.82, 2.24) is 29.4 Å². The average Bonchev–Trinajstić information content (AvgIpc) is 3.93. The number of carboxylic acid groups (broad SMARTS) is 1. The number of aliphatic carboxylic acids is 1. The molecule has 8 aromatic rings. The van der Waals surface area contributed by atoms with Crippen LogP contribution in [-0.2, 0) is 11.3 Å². The molecule has 0 bridgehead atoms. The molecule has 0 aliphatic heterocycles. The number of carbonyl (C=O) groups is 2. The number of fused-ring (bicyclic) bond motifs is 3. The number of carboxylic acids is 1. The van der Waals surface area contributed by atoms with Crippen molar-refractivity contribution in [3.05, 3.63) is 145 Å². The van der Waals surface area contributed by atoms with E-state index in [-0.39, 0.29) is 28.1 Å². The number of nitrogens with zero attached hydrogens (tertiary/aromatic N) is 4. The monoisotopic (exact) mass is 966 g/mol. The van der Waals surface area contributed by atoms with Gasteiger partial charge in [-0.25, -0.2) is 29.1 Å². The van der Waals surface area contributed by atoms with Crippen LogP contribution in [0.15, 0.2) is 119 Å².